The van der Waals surface area contributed by atoms with Gasteiger partial charge in [-0.2, -0.15) is 0 Å². The van der Waals surface area contributed by atoms with Gasteiger partial charge in [0.05, 0.1) is 12.9 Å². The molecule has 0 radical (unpaired) electrons. The van der Waals surface area contributed by atoms with Crippen LogP contribution in [0.15, 0.2) is 12.7 Å². The van der Waals surface area contributed by atoms with Crippen molar-refractivity contribution in [1.82, 2.24) is 19.5 Å². The van der Waals surface area contributed by atoms with E-state index in [1.54, 1.807) is 0 Å². The van der Waals surface area contributed by atoms with Gasteiger partial charge in [-0.25, -0.2) is 28.2 Å². The van der Waals surface area contributed by atoms with Crippen LogP contribution in [0.3, 0.4) is 0 Å². The molecule has 23 nitrogen and oxygen atoms in total. The number of alkyl halides is 1. The number of halogens is 1. The zero-order valence-electron chi connectivity index (χ0n) is 27.4. The summed E-state index contributed by atoms with van der Waals surface area (Å²) in [5.41, 5.74) is 6.09. The number of anilines is 1. The maximum absolute atomic E-state index is 15.4. The first-order chi connectivity index (χ1) is 24.2. The number of ether oxygens (including phenoxy) is 6. The summed E-state index contributed by atoms with van der Waals surface area (Å²) in [5.74, 6) is -4.16. The Kier molecular flexibility index (Phi) is 13.4. The Labute approximate surface area is 297 Å². The third kappa shape index (κ3) is 10.2. The molecular weight excluding hydrogens is 771 g/mol. The van der Waals surface area contributed by atoms with Gasteiger partial charge in [0, 0.05) is 27.7 Å². The van der Waals surface area contributed by atoms with E-state index in [2.05, 4.69) is 24.0 Å². The van der Waals surface area contributed by atoms with Crippen LogP contribution in [-0.2, 0) is 77.3 Å². The molecule has 0 saturated carbocycles. The van der Waals surface area contributed by atoms with Crippen LogP contribution in [0.1, 0.15) is 33.9 Å². The van der Waals surface area contributed by atoms with Crippen molar-refractivity contribution < 1.29 is 89.9 Å². The van der Waals surface area contributed by atoms with Gasteiger partial charge in [0.15, 0.2) is 42.2 Å². The first-order valence-electron chi connectivity index (χ1n) is 14.8. The molecule has 6 N–H and O–H groups in total. The van der Waals surface area contributed by atoms with Crippen molar-refractivity contribution in [2.45, 2.75) is 89.1 Å². The summed E-state index contributed by atoms with van der Waals surface area (Å²) in [5, 5.41) is 21.2. The summed E-state index contributed by atoms with van der Waals surface area (Å²) < 4.78 is 75.7. The van der Waals surface area contributed by atoms with Gasteiger partial charge in [0.1, 0.15) is 42.9 Å². The number of phosphoric ester groups is 1. The molecule has 0 spiro atoms. The second-order valence-electron chi connectivity index (χ2n) is 11.1. The van der Waals surface area contributed by atoms with Crippen LogP contribution in [0, 0.1) is 0 Å². The topological polar surface area (TPSA) is 319 Å². The van der Waals surface area contributed by atoms with Gasteiger partial charge in [-0.05, 0) is 11.8 Å². The van der Waals surface area contributed by atoms with Crippen molar-refractivity contribution in [2.75, 3.05) is 18.9 Å². The number of fused-ring (bicyclic) bond motifs is 1. The highest BCUT2D eigenvalue weighted by Crippen LogP contribution is 2.62. The predicted octanol–water partition coefficient (Wildman–Crippen LogP) is -1.18. The average molecular weight is 806 g/mol. The molecule has 4 rings (SSSR count). The molecule has 52 heavy (non-hydrogen) atoms. The van der Waals surface area contributed by atoms with Gasteiger partial charge in [0.25, 0.3) is 0 Å². The minimum Gasteiger partial charge on any atom is -0.463 e. The molecule has 2 aliphatic heterocycles. The minimum atomic E-state index is -5.72. The Morgan fingerprint density at radius 3 is 2.19 bits per heavy atom. The fourth-order valence-electron chi connectivity index (χ4n) is 5.10. The van der Waals surface area contributed by atoms with Crippen molar-refractivity contribution in [3.05, 3.63) is 12.7 Å². The smallest absolute Gasteiger partial charge is 0.463 e. The summed E-state index contributed by atoms with van der Waals surface area (Å²) in [6.07, 6.45) is -16.5. The fourth-order valence-corrected chi connectivity index (χ4v) is 8.19. The highest BCUT2D eigenvalue weighted by Gasteiger charge is 2.57. The minimum absolute atomic E-state index is 0.0244. The molecule has 4 heterocycles. The summed E-state index contributed by atoms with van der Waals surface area (Å²) >= 11 is 4.82. The molecule has 27 heteroatoms. The van der Waals surface area contributed by atoms with Crippen LogP contribution in [0.25, 0.3) is 11.2 Å². The van der Waals surface area contributed by atoms with E-state index in [1.807, 2.05) is 0 Å². The second kappa shape index (κ2) is 16.8. The largest absolute Gasteiger partial charge is 0.481 e. The van der Waals surface area contributed by atoms with Crippen molar-refractivity contribution in [3.63, 3.8) is 0 Å². The Morgan fingerprint density at radius 1 is 0.962 bits per heavy atom. The van der Waals surface area contributed by atoms with Gasteiger partial charge in [-0.3, -0.25) is 28.3 Å². The van der Waals surface area contributed by atoms with Gasteiger partial charge in [0.2, 0.25) is 6.29 Å². The number of rotatable bonds is 14. The third-order valence-electron chi connectivity index (χ3n) is 7.08. The Balaban J connectivity index is 1.52. The summed E-state index contributed by atoms with van der Waals surface area (Å²) in [6, 6.07) is 0. The maximum Gasteiger partial charge on any atom is 0.481 e. The monoisotopic (exact) mass is 805 g/mol. The van der Waals surface area contributed by atoms with Crippen LogP contribution < -0.4 is 5.73 Å². The van der Waals surface area contributed by atoms with E-state index in [0.717, 1.165) is 34.0 Å². The number of hydrogen-bond donors (Lipinski definition) is 5. The van der Waals surface area contributed by atoms with Crippen LogP contribution in [0.5, 0.6) is 0 Å². The van der Waals surface area contributed by atoms with Crippen molar-refractivity contribution in [1.29, 1.82) is 0 Å². The Bertz CT molecular complexity index is 1760. The van der Waals surface area contributed by atoms with Gasteiger partial charge in [-0.15, -0.1) is 0 Å². The number of phosphoric acid groups is 1. The first kappa shape index (κ1) is 41.4. The van der Waals surface area contributed by atoms with E-state index in [0.29, 0.717) is 0 Å². The van der Waals surface area contributed by atoms with Crippen LogP contribution in [0.4, 0.5) is 10.2 Å². The standard InChI is InChI=1S/C25H34FN5O18P2S/c1-9(32)41-5-13(26)18-19(43-10(2)33)20(44-11(3)34)21(45-12(4)35)25(47-18)48-50(38,39)49-51(40,52)42-6-14-16(36)17(37)24(46-14)31-8-30-15-22(27)28-7-29-23(15)31/h7-8,13-14,16-21,24-25,36-37H,5-6H2,1-4H3,(H,38,39)(H,40,52)(H2,27,28,29)/t13-,14+,16-,17-,18?,19+,20?,21?,24+,25-,51?/m0/s1. The molecule has 5 unspecified atom stereocenters. The van der Waals surface area contributed by atoms with Crippen LogP contribution >= 0.6 is 14.5 Å². The highest BCUT2D eigenvalue weighted by molar-refractivity contribution is 8.08. The Hall–Kier alpha value is -3.32. The average Bonchev–Trinajstić information content (AvgIpc) is 3.57. The molecule has 2 saturated heterocycles. The van der Waals surface area contributed by atoms with Crippen LogP contribution in [0.2, 0.25) is 0 Å². The number of imidazole rings is 1. The number of aliphatic hydroxyl groups is 2. The summed E-state index contributed by atoms with van der Waals surface area (Å²) in [4.78, 5) is 80.5. The third-order valence-corrected chi connectivity index (χ3v) is 10.6. The lowest BCUT2D eigenvalue weighted by atomic mass is 9.95. The molecule has 0 amide bonds. The van der Waals surface area contributed by atoms with E-state index in [9.17, 15) is 43.7 Å². The molecule has 0 aromatic carbocycles. The quantitative estimate of drug-likeness (QED) is 0.0852. The molecule has 2 fully saturated rings. The number of nitrogen functional groups attached to an aromatic ring is 1. The molecule has 2 aliphatic rings. The van der Waals surface area contributed by atoms with Crippen molar-refractivity contribution in [3.8, 4) is 0 Å². The molecule has 2 aromatic heterocycles. The lowest BCUT2D eigenvalue weighted by molar-refractivity contribution is -0.296. The zero-order valence-corrected chi connectivity index (χ0v) is 30.0. The molecular formula is C25H34FN5O18P2S. The normalized spacial score (nSPS) is 30.4. The summed E-state index contributed by atoms with van der Waals surface area (Å²) in [6.45, 7) is -3.12. The number of aromatic nitrogens is 4. The molecule has 2 aromatic rings. The number of carbonyl (C=O) groups excluding carboxylic acids is 4. The van der Waals surface area contributed by atoms with Gasteiger partial charge >= 0.3 is 38.4 Å². The molecule has 290 valence electrons. The highest BCUT2D eigenvalue weighted by atomic mass is 32.5. The maximum atomic E-state index is 15.4. The van der Waals surface area contributed by atoms with E-state index < -0.39 is 113 Å². The molecule has 0 bridgehead atoms. The summed E-state index contributed by atoms with van der Waals surface area (Å²) in [7, 11) is -5.72. The second-order valence-corrected chi connectivity index (χ2v) is 15.4. The lowest BCUT2D eigenvalue weighted by Gasteiger charge is -2.44. The zero-order chi connectivity index (χ0) is 38.7. The molecule has 0 aliphatic carbocycles. The number of nitrogens with zero attached hydrogens (tertiary/aromatic N) is 4. The Morgan fingerprint density at radius 2 is 1.58 bits per heavy atom. The number of carbonyl (C=O) groups is 4. The van der Waals surface area contributed by atoms with Crippen molar-refractivity contribution >= 4 is 67.2 Å². The van der Waals surface area contributed by atoms with E-state index >= 15 is 4.39 Å². The van der Waals surface area contributed by atoms with E-state index in [4.69, 9.17) is 50.3 Å². The number of hydrogen-bond acceptors (Lipinski definition) is 21. The SMILES string of the molecule is CC(=O)OC[C@H](F)C1O[C@@H](OP(=O)(O)OP(O)(=S)OC[C@H]2O[C@@H](n3cnc4c(N)ncnc43)[C@@H](O)[C@H]2O)C(OC(C)=O)C(OC(C)=O)[C@@H]1OC(C)=O. The predicted molar refractivity (Wildman–Crippen MR) is 167 cm³/mol. The van der Waals surface area contributed by atoms with E-state index in [1.165, 1.54) is 10.9 Å². The number of esters is 4. The number of nitrogens with two attached hydrogens (primary N) is 1. The van der Waals surface area contributed by atoms with Crippen LogP contribution in [-0.4, -0.2) is 132 Å². The van der Waals surface area contributed by atoms with Crippen molar-refractivity contribution in [2.24, 2.45) is 0 Å². The molecule has 12 atom stereocenters. The van der Waals surface area contributed by atoms with E-state index in [-0.39, 0.29) is 17.0 Å². The van der Waals surface area contributed by atoms with Gasteiger partial charge < -0.3 is 58.7 Å². The number of aliphatic hydroxyl groups excluding tert-OH is 2. The fraction of sp³-hybridized carbons (Fsp3) is 0.640. The first-order valence-corrected chi connectivity index (χ1v) is 18.9. The lowest BCUT2D eigenvalue weighted by Crippen LogP contribution is -2.64. The van der Waals surface area contributed by atoms with Gasteiger partial charge in [-0.1, -0.05) is 0 Å².